The summed E-state index contributed by atoms with van der Waals surface area (Å²) in [5.74, 6) is 0. The van der Waals surface area contributed by atoms with E-state index in [2.05, 4.69) is 16.7 Å². The molecule has 0 aliphatic carbocycles. The van der Waals surface area contributed by atoms with Crippen molar-refractivity contribution in [2.75, 3.05) is 32.7 Å². The SMILES string of the molecule is CC1CN2CCN1CC2.Cl. The summed E-state index contributed by atoms with van der Waals surface area (Å²) < 4.78 is 0. The molecule has 3 heterocycles. The van der Waals surface area contributed by atoms with Crippen molar-refractivity contribution in [3.63, 3.8) is 0 Å². The first-order valence-corrected chi connectivity index (χ1v) is 3.82. The second kappa shape index (κ2) is 3.07. The molecular formula is C7H15ClN2. The van der Waals surface area contributed by atoms with Crippen molar-refractivity contribution < 1.29 is 0 Å². The van der Waals surface area contributed by atoms with Crippen molar-refractivity contribution >= 4 is 12.4 Å². The molecule has 0 aromatic heterocycles. The quantitative estimate of drug-likeness (QED) is 0.510. The molecule has 60 valence electrons. The van der Waals surface area contributed by atoms with E-state index in [-0.39, 0.29) is 12.4 Å². The Kier molecular flexibility index (Phi) is 2.55. The van der Waals surface area contributed by atoms with Gasteiger partial charge in [0, 0.05) is 38.8 Å². The molecule has 2 bridgehead atoms. The minimum absolute atomic E-state index is 0. The average molecular weight is 163 g/mol. The summed E-state index contributed by atoms with van der Waals surface area (Å²) in [6.07, 6.45) is 0. The molecule has 3 rings (SSSR count). The second-order valence-corrected chi connectivity index (χ2v) is 3.19. The molecule has 0 aromatic rings. The van der Waals surface area contributed by atoms with E-state index in [4.69, 9.17) is 0 Å². The molecule has 1 atom stereocenters. The van der Waals surface area contributed by atoms with Gasteiger partial charge >= 0.3 is 0 Å². The molecule has 1 unspecified atom stereocenters. The van der Waals surface area contributed by atoms with Crippen molar-refractivity contribution in [3.05, 3.63) is 0 Å². The Hall–Kier alpha value is 0.210. The van der Waals surface area contributed by atoms with Gasteiger partial charge in [-0.25, -0.2) is 0 Å². The smallest absolute Gasteiger partial charge is 0.0195 e. The Balaban J connectivity index is 0.000000500. The van der Waals surface area contributed by atoms with Gasteiger partial charge < -0.3 is 0 Å². The predicted molar refractivity (Wildman–Crippen MR) is 44.7 cm³/mol. The standard InChI is InChI=1S/C7H14N2.ClH/c1-7-6-8-2-4-9(7)5-3-8;/h7H,2-6H2,1H3;1H. The second-order valence-electron chi connectivity index (χ2n) is 3.19. The van der Waals surface area contributed by atoms with E-state index in [0.717, 1.165) is 6.04 Å². The van der Waals surface area contributed by atoms with Gasteiger partial charge in [0.15, 0.2) is 0 Å². The fourth-order valence-electron chi connectivity index (χ4n) is 1.88. The molecule has 10 heavy (non-hydrogen) atoms. The van der Waals surface area contributed by atoms with E-state index in [1.807, 2.05) is 0 Å². The Bertz CT molecular complexity index is 110. The van der Waals surface area contributed by atoms with Crippen LogP contribution in [-0.2, 0) is 0 Å². The number of hydrogen-bond acceptors (Lipinski definition) is 2. The van der Waals surface area contributed by atoms with Crippen LogP contribution in [0.4, 0.5) is 0 Å². The third-order valence-corrected chi connectivity index (χ3v) is 2.55. The fraction of sp³-hybridized carbons (Fsp3) is 1.00. The molecule has 3 aliphatic heterocycles. The summed E-state index contributed by atoms with van der Waals surface area (Å²) in [6.45, 7) is 8.86. The number of halogens is 1. The van der Waals surface area contributed by atoms with Crippen LogP contribution in [0.15, 0.2) is 0 Å². The van der Waals surface area contributed by atoms with Gasteiger partial charge in [-0.1, -0.05) is 0 Å². The normalized spacial score (nSPS) is 44.7. The van der Waals surface area contributed by atoms with Gasteiger partial charge in [0.2, 0.25) is 0 Å². The number of piperazine rings is 3. The summed E-state index contributed by atoms with van der Waals surface area (Å²) >= 11 is 0. The molecule has 2 nitrogen and oxygen atoms in total. The van der Waals surface area contributed by atoms with Crippen LogP contribution in [0.1, 0.15) is 6.92 Å². The van der Waals surface area contributed by atoms with E-state index < -0.39 is 0 Å². The van der Waals surface area contributed by atoms with E-state index >= 15 is 0 Å². The molecule has 3 saturated heterocycles. The van der Waals surface area contributed by atoms with Crippen LogP contribution in [-0.4, -0.2) is 48.6 Å². The van der Waals surface area contributed by atoms with Gasteiger partial charge in [-0.3, -0.25) is 9.80 Å². The van der Waals surface area contributed by atoms with Crippen molar-refractivity contribution in [2.45, 2.75) is 13.0 Å². The predicted octanol–water partition coefficient (Wildman–Crippen LogP) is 0.428. The van der Waals surface area contributed by atoms with Crippen LogP contribution < -0.4 is 0 Å². The topological polar surface area (TPSA) is 6.48 Å². The van der Waals surface area contributed by atoms with Crippen molar-refractivity contribution in [1.82, 2.24) is 9.80 Å². The van der Waals surface area contributed by atoms with Crippen LogP contribution in [0.5, 0.6) is 0 Å². The first-order valence-electron chi connectivity index (χ1n) is 3.82. The summed E-state index contributed by atoms with van der Waals surface area (Å²) in [5, 5.41) is 0. The monoisotopic (exact) mass is 162 g/mol. The van der Waals surface area contributed by atoms with Gasteiger partial charge in [-0.05, 0) is 6.92 Å². The number of rotatable bonds is 0. The molecule has 3 heteroatoms. The van der Waals surface area contributed by atoms with E-state index in [0.29, 0.717) is 0 Å². The molecule has 0 spiro atoms. The van der Waals surface area contributed by atoms with Crippen molar-refractivity contribution in [1.29, 1.82) is 0 Å². The van der Waals surface area contributed by atoms with Crippen LogP contribution in [0.2, 0.25) is 0 Å². The first-order chi connectivity index (χ1) is 4.36. The zero-order valence-electron chi connectivity index (χ0n) is 6.42. The lowest BCUT2D eigenvalue weighted by molar-refractivity contribution is 0.0214. The van der Waals surface area contributed by atoms with Gasteiger partial charge in [0.05, 0.1) is 0 Å². The molecule has 0 radical (unpaired) electrons. The van der Waals surface area contributed by atoms with E-state index in [1.54, 1.807) is 0 Å². The minimum Gasteiger partial charge on any atom is -0.299 e. The summed E-state index contributed by atoms with van der Waals surface area (Å²) in [7, 11) is 0. The number of fused-ring (bicyclic) bond motifs is 3. The Morgan fingerprint density at radius 1 is 1.10 bits per heavy atom. The van der Waals surface area contributed by atoms with Crippen LogP contribution >= 0.6 is 12.4 Å². The molecule has 0 aromatic carbocycles. The highest BCUT2D eigenvalue weighted by Crippen LogP contribution is 2.13. The highest BCUT2D eigenvalue weighted by atomic mass is 35.5. The van der Waals surface area contributed by atoms with Gasteiger partial charge in [-0.15, -0.1) is 12.4 Å². The largest absolute Gasteiger partial charge is 0.299 e. The van der Waals surface area contributed by atoms with Crippen molar-refractivity contribution in [3.8, 4) is 0 Å². The maximum Gasteiger partial charge on any atom is 0.0195 e. The Labute approximate surface area is 68.6 Å². The van der Waals surface area contributed by atoms with Crippen molar-refractivity contribution in [2.24, 2.45) is 0 Å². The third-order valence-electron chi connectivity index (χ3n) is 2.55. The lowest BCUT2D eigenvalue weighted by Crippen LogP contribution is -2.59. The van der Waals surface area contributed by atoms with Crippen LogP contribution in [0.3, 0.4) is 0 Å². The van der Waals surface area contributed by atoms with Gasteiger partial charge in [0.1, 0.15) is 0 Å². The zero-order valence-corrected chi connectivity index (χ0v) is 7.23. The fourth-order valence-corrected chi connectivity index (χ4v) is 1.88. The lowest BCUT2D eigenvalue weighted by Gasteiger charge is -2.46. The summed E-state index contributed by atoms with van der Waals surface area (Å²) in [5.41, 5.74) is 0. The summed E-state index contributed by atoms with van der Waals surface area (Å²) in [6, 6.07) is 0.826. The molecule has 3 aliphatic rings. The number of hydrogen-bond donors (Lipinski definition) is 0. The van der Waals surface area contributed by atoms with Gasteiger partial charge in [0.25, 0.3) is 0 Å². The Morgan fingerprint density at radius 2 is 1.70 bits per heavy atom. The van der Waals surface area contributed by atoms with Crippen LogP contribution in [0, 0.1) is 0 Å². The van der Waals surface area contributed by atoms with Gasteiger partial charge in [-0.2, -0.15) is 0 Å². The lowest BCUT2D eigenvalue weighted by atomic mass is 10.1. The summed E-state index contributed by atoms with van der Waals surface area (Å²) in [4.78, 5) is 5.14. The first kappa shape index (κ1) is 8.31. The third kappa shape index (κ3) is 1.29. The van der Waals surface area contributed by atoms with E-state index in [1.165, 1.54) is 32.7 Å². The highest BCUT2D eigenvalue weighted by molar-refractivity contribution is 5.85. The minimum atomic E-state index is 0. The zero-order chi connectivity index (χ0) is 6.27. The Morgan fingerprint density at radius 3 is 1.90 bits per heavy atom. The number of nitrogens with zero attached hydrogens (tertiary/aromatic N) is 2. The van der Waals surface area contributed by atoms with Crippen LogP contribution in [0.25, 0.3) is 0 Å². The van der Waals surface area contributed by atoms with E-state index in [9.17, 15) is 0 Å². The maximum atomic E-state index is 2.58. The molecule has 0 amide bonds. The molecule has 3 fully saturated rings. The average Bonchev–Trinajstić information content (AvgIpc) is 1.90. The molecule has 0 saturated carbocycles. The molecular weight excluding hydrogens is 148 g/mol. The molecule has 0 N–H and O–H groups in total. The maximum absolute atomic E-state index is 2.58. The highest BCUT2D eigenvalue weighted by Gasteiger charge is 2.28.